The minimum Gasteiger partial charge on any atom is -0.391 e. The van der Waals surface area contributed by atoms with Crippen molar-refractivity contribution in [2.75, 3.05) is 6.54 Å². The van der Waals surface area contributed by atoms with Gasteiger partial charge in [-0.15, -0.1) is 11.3 Å². The standard InChI is InChI=1S/C30H35N3O4S/c1-19-26(38-18-31-19)21-13-10-20(11-14-21)12-15-25(35)24-16-23(34)17-33(24)29(37)27(30(2,3)4)32-28(36)22-8-6-5-7-9-22/h5-11,13-14,18,23-24,27,34H,12,15-17H2,1-4H3,(H,32,36)/t23-,24+,27-/m1/s1. The van der Waals surface area contributed by atoms with Gasteiger partial charge >= 0.3 is 0 Å². The zero-order chi connectivity index (χ0) is 27.4. The number of rotatable bonds is 8. The molecule has 1 aliphatic heterocycles. The molecule has 0 aliphatic carbocycles. The largest absolute Gasteiger partial charge is 0.391 e. The molecule has 200 valence electrons. The summed E-state index contributed by atoms with van der Waals surface area (Å²) in [6, 6.07) is 15.3. The van der Waals surface area contributed by atoms with E-state index in [0.29, 0.717) is 12.0 Å². The lowest BCUT2D eigenvalue weighted by Gasteiger charge is -2.35. The Morgan fingerprint density at radius 2 is 1.79 bits per heavy atom. The molecular formula is C30H35N3O4S. The van der Waals surface area contributed by atoms with E-state index in [-0.39, 0.29) is 37.0 Å². The van der Waals surface area contributed by atoms with Crippen LogP contribution in [0.15, 0.2) is 60.1 Å². The highest BCUT2D eigenvalue weighted by molar-refractivity contribution is 7.13. The van der Waals surface area contributed by atoms with Gasteiger partial charge in [-0.25, -0.2) is 4.98 Å². The highest BCUT2D eigenvalue weighted by Crippen LogP contribution is 2.29. The third-order valence-electron chi connectivity index (χ3n) is 6.98. The Hall–Kier alpha value is -3.36. The number of carbonyl (C=O) groups is 3. The lowest BCUT2D eigenvalue weighted by molar-refractivity contribution is -0.141. The summed E-state index contributed by atoms with van der Waals surface area (Å²) in [4.78, 5) is 46.8. The molecule has 1 aromatic heterocycles. The van der Waals surface area contributed by atoms with Crippen LogP contribution in [-0.2, 0) is 16.0 Å². The first kappa shape index (κ1) is 27.7. The van der Waals surface area contributed by atoms with E-state index in [9.17, 15) is 19.5 Å². The molecule has 0 radical (unpaired) electrons. The Morgan fingerprint density at radius 1 is 1.11 bits per heavy atom. The number of aliphatic hydroxyl groups is 1. The molecule has 38 heavy (non-hydrogen) atoms. The minimum atomic E-state index is -0.849. The molecule has 4 rings (SSSR count). The van der Waals surface area contributed by atoms with E-state index in [1.165, 1.54) is 4.90 Å². The average Bonchev–Trinajstić information content (AvgIpc) is 3.50. The van der Waals surface area contributed by atoms with E-state index in [4.69, 9.17) is 0 Å². The maximum absolute atomic E-state index is 13.7. The molecule has 8 heteroatoms. The normalized spacial score (nSPS) is 18.3. The number of aromatic nitrogens is 1. The first-order chi connectivity index (χ1) is 18.0. The summed E-state index contributed by atoms with van der Waals surface area (Å²) >= 11 is 1.60. The Bertz CT molecular complexity index is 1280. The van der Waals surface area contributed by atoms with Crippen molar-refractivity contribution in [1.29, 1.82) is 0 Å². The van der Waals surface area contributed by atoms with Crippen molar-refractivity contribution in [2.45, 2.75) is 65.1 Å². The summed E-state index contributed by atoms with van der Waals surface area (Å²) in [5, 5.41) is 13.3. The number of carbonyl (C=O) groups excluding carboxylic acids is 3. The maximum atomic E-state index is 13.7. The van der Waals surface area contributed by atoms with Gasteiger partial charge in [0, 0.05) is 24.9 Å². The number of β-amino-alcohol motifs (C(OH)–C–C–N with tert-alkyl or cyclic N) is 1. The van der Waals surface area contributed by atoms with Crippen molar-refractivity contribution in [3.63, 3.8) is 0 Å². The van der Waals surface area contributed by atoms with Gasteiger partial charge in [-0.2, -0.15) is 0 Å². The number of hydrogen-bond donors (Lipinski definition) is 2. The molecular weight excluding hydrogens is 498 g/mol. The van der Waals surface area contributed by atoms with Gasteiger partial charge in [0.05, 0.1) is 28.2 Å². The predicted octanol–water partition coefficient (Wildman–Crippen LogP) is 4.43. The van der Waals surface area contributed by atoms with Crippen LogP contribution < -0.4 is 5.32 Å². The number of nitrogens with one attached hydrogen (secondary N) is 1. The molecule has 7 nitrogen and oxygen atoms in total. The van der Waals surface area contributed by atoms with Crippen molar-refractivity contribution in [2.24, 2.45) is 5.41 Å². The summed E-state index contributed by atoms with van der Waals surface area (Å²) in [6.07, 6.45) is 0.234. The van der Waals surface area contributed by atoms with E-state index in [0.717, 1.165) is 21.7 Å². The van der Waals surface area contributed by atoms with Crippen LogP contribution >= 0.6 is 11.3 Å². The van der Waals surface area contributed by atoms with E-state index in [1.807, 2.05) is 63.5 Å². The van der Waals surface area contributed by atoms with Crippen LogP contribution in [0.4, 0.5) is 0 Å². The number of ketones is 1. The molecule has 0 unspecified atom stereocenters. The fourth-order valence-corrected chi connectivity index (χ4v) is 5.63. The number of nitrogens with zero attached hydrogens (tertiary/aromatic N) is 2. The number of aryl methyl sites for hydroxylation is 2. The summed E-state index contributed by atoms with van der Waals surface area (Å²) in [5.74, 6) is -0.779. The van der Waals surface area contributed by atoms with Crippen LogP contribution in [0.3, 0.4) is 0 Å². The van der Waals surface area contributed by atoms with E-state index in [2.05, 4.69) is 10.3 Å². The monoisotopic (exact) mass is 533 g/mol. The fourth-order valence-electron chi connectivity index (χ4n) is 4.82. The average molecular weight is 534 g/mol. The number of likely N-dealkylation sites (tertiary alicyclic amines) is 1. The second-order valence-electron chi connectivity index (χ2n) is 11.0. The van der Waals surface area contributed by atoms with Gasteiger partial charge in [-0.05, 0) is 42.0 Å². The third kappa shape index (κ3) is 6.37. The van der Waals surface area contributed by atoms with Gasteiger partial charge in [0.25, 0.3) is 5.91 Å². The second-order valence-corrected chi connectivity index (χ2v) is 11.8. The topological polar surface area (TPSA) is 99.6 Å². The zero-order valence-corrected chi connectivity index (χ0v) is 23.1. The van der Waals surface area contributed by atoms with Crippen molar-refractivity contribution in [3.8, 4) is 10.4 Å². The smallest absolute Gasteiger partial charge is 0.251 e. The van der Waals surface area contributed by atoms with Crippen LogP contribution in [0.1, 0.15) is 55.2 Å². The molecule has 2 heterocycles. The summed E-state index contributed by atoms with van der Waals surface area (Å²) < 4.78 is 0. The molecule has 2 aromatic carbocycles. The van der Waals surface area contributed by atoms with E-state index in [1.54, 1.807) is 35.6 Å². The first-order valence-electron chi connectivity index (χ1n) is 12.9. The van der Waals surface area contributed by atoms with Crippen LogP contribution in [0.2, 0.25) is 0 Å². The van der Waals surface area contributed by atoms with Gasteiger partial charge in [0.2, 0.25) is 5.91 Å². The highest BCUT2D eigenvalue weighted by Gasteiger charge is 2.44. The lowest BCUT2D eigenvalue weighted by atomic mass is 9.85. The fraction of sp³-hybridized carbons (Fsp3) is 0.400. The third-order valence-corrected chi connectivity index (χ3v) is 7.96. The Labute approximate surface area is 227 Å². The summed E-state index contributed by atoms with van der Waals surface area (Å²) in [6.45, 7) is 7.69. The predicted molar refractivity (Wildman–Crippen MR) is 149 cm³/mol. The van der Waals surface area contributed by atoms with Gasteiger partial charge in [-0.1, -0.05) is 63.2 Å². The van der Waals surface area contributed by atoms with Gasteiger partial charge in [0.1, 0.15) is 6.04 Å². The molecule has 1 fully saturated rings. The molecule has 3 atom stereocenters. The molecule has 2 amide bonds. The number of Topliss-reactive ketones (excluding diaryl/α,β-unsaturated/α-hetero) is 1. The molecule has 0 bridgehead atoms. The van der Waals surface area contributed by atoms with E-state index >= 15 is 0 Å². The summed E-state index contributed by atoms with van der Waals surface area (Å²) in [5.41, 5.74) is 4.82. The number of hydrogen-bond acceptors (Lipinski definition) is 6. The van der Waals surface area contributed by atoms with Gasteiger partial charge in [0.15, 0.2) is 5.78 Å². The molecule has 3 aromatic rings. The number of benzene rings is 2. The molecule has 0 spiro atoms. The Kier molecular flexibility index (Phi) is 8.43. The lowest BCUT2D eigenvalue weighted by Crippen LogP contribution is -2.56. The van der Waals surface area contributed by atoms with Crippen LogP contribution in [0.25, 0.3) is 10.4 Å². The molecule has 0 saturated carbocycles. The number of amides is 2. The first-order valence-corrected chi connectivity index (χ1v) is 13.8. The molecule has 2 N–H and O–H groups in total. The Morgan fingerprint density at radius 3 is 2.39 bits per heavy atom. The van der Waals surface area contributed by atoms with E-state index < -0.39 is 23.6 Å². The van der Waals surface area contributed by atoms with Gasteiger partial charge < -0.3 is 15.3 Å². The van der Waals surface area contributed by atoms with Crippen LogP contribution in [0, 0.1) is 12.3 Å². The maximum Gasteiger partial charge on any atom is 0.251 e. The van der Waals surface area contributed by atoms with Crippen molar-refractivity contribution >= 4 is 28.9 Å². The Balaban J connectivity index is 1.43. The van der Waals surface area contributed by atoms with Crippen molar-refractivity contribution in [3.05, 3.63) is 76.9 Å². The highest BCUT2D eigenvalue weighted by atomic mass is 32.1. The van der Waals surface area contributed by atoms with Crippen LogP contribution in [0.5, 0.6) is 0 Å². The quantitative estimate of drug-likeness (QED) is 0.446. The second kappa shape index (κ2) is 11.6. The zero-order valence-electron chi connectivity index (χ0n) is 22.3. The van der Waals surface area contributed by atoms with Crippen molar-refractivity contribution in [1.82, 2.24) is 15.2 Å². The summed E-state index contributed by atoms with van der Waals surface area (Å²) in [7, 11) is 0. The molecule has 1 aliphatic rings. The van der Waals surface area contributed by atoms with Crippen LogP contribution in [-0.4, -0.2) is 57.3 Å². The molecule has 1 saturated heterocycles. The van der Waals surface area contributed by atoms with Gasteiger partial charge in [-0.3, -0.25) is 14.4 Å². The number of thiazole rings is 1. The SMILES string of the molecule is Cc1ncsc1-c1ccc(CCC(=O)[C@@H]2C[C@@H](O)CN2C(=O)[C@@H](NC(=O)c2ccccc2)C(C)(C)C)cc1. The minimum absolute atomic E-state index is 0.0753. The number of aliphatic hydroxyl groups excluding tert-OH is 1. The van der Waals surface area contributed by atoms with Crippen molar-refractivity contribution < 1.29 is 19.5 Å².